The van der Waals surface area contributed by atoms with Gasteiger partial charge in [-0.05, 0) is 59.1 Å². The predicted octanol–water partition coefficient (Wildman–Crippen LogP) is 6.79. The van der Waals surface area contributed by atoms with Crippen molar-refractivity contribution in [2.45, 2.75) is 33.2 Å². The highest BCUT2D eigenvalue weighted by Gasteiger charge is 2.47. The van der Waals surface area contributed by atoms with Crippen molar-refractivity contribution in [1.82, 2.24) is 0 Å². The second-order valence-corrected chi connectivity index (χ2v) is 14.1. The van der Waals surface area contributed by atoms with Gasteiger partial charge >= 0.3 is 0 Å². The van der Waals surface area contributed by atoms with Gasteiger partial charge in [-0.25, -0.2) is 0 Å². The van der Waals surface area contributed by atoms with Gasteiger partial charge in [0.15, 0.2) is 0 Å². The second kappa shape index (κ2) is 10.3. The molecule has 2 fully saturated rings. The number of furan rings is 1. The molecule has 3 aromatic rings. The van der Waals surface area contributed by atoms with Crippen LogP contribution in [0.5, 0.6) is 0 Å². The minimum atomic E-state index is -0.810. The summed E-state index contributed by atoms with van der Waals surface area (Å²) >= 11 is 7.16. The summed E-state index contributed by atoms with van der Waals surface area (Å²) in [5, 5.41) is 23.2. The van der Waals surface area contributed by atoms with Gasteiger partial charge < -0.3 is 14.6 Å². The van der Waals surface area contributed by atoms with Crippen LogP contribution in [0.3, 0.4) is 0 Å². The molecular weight excluding hydrogens is 489 g/mol. The molecule has 0 spiro atoms. The highest BCUT2D eigenvalue weighted by Crippen LogP contribution is 2.59. The molecule has 2 unspecified atom stereocenters. The quantitative estimate of drug-likeness (QED) is 0.374. The average molecular weight is 517 g/mol. The number of rotatable bonds is 6. The zero-order chi connectivity index (χ0) is 22.7. The number of aliphatic hydroxyl groups excluding tert-OH is 2. The molecule has 2 aliphatic rings. The molecule has 2 N–H and O–H groups in total. The Labute approximate surface area is 212 Å². The third-order valence-corrected chi connectivity index (χ3v) is 13.0. The Hall–Kier alpha value is -0.960. The molecule has 3 nitrogen and oxygen atoms in total. The van der Waals surface area contributed by atoms with Crippen LogP contribution in [-0.4, -0.2) is 33.2 Å². The van der Waals surface area contributed by atoms with Crippen molar-refractivity contribution in [2.75, 3.05) is 23.0 Å². The topological polar surface area (TPSA) is 53.6 Å². The minimum Gasteiger partial charge on any atom is -0.460 e. The zero-order valence-electron chi connectivity index (χ0n) is 18.3. The second-order valence-electron chi connectivity index (χ2n) is 8.21. The van der Waals surface area contributed by atoms with E-state index in [2.05, 4.69) is 24.3 Å². The van der Waals surface area contributed by atoms with Gasteiger partial charge in [-0.2, -0.15) is 0 Å². The molecule has 5 rings (SSSR count). The third-order valence-electron chi connectivity index (χ3n) is 6.10. The van der Waals surface area contributed by atoms with E-state index >= 15 is 0 Å². The van der Waals surface area contributed by atoms with Gasteiger partial charge in [-0.15, -0.1) is 47.0 Å². The van der Waals surface area contributed by atoms with Crippen LogP contribution in [0.1, 0.15) is 47.7 Å². The van der Waals surface area contributed by atoms with Crippen molar-refractivity contribution in [3.8, 4) is 0 Å². The van der Waals surface area contributed by atoms with E-state index in [0.29, 0.717) is 11.5 Å². The van der Waals surface area contributed by atoms with Gasteiger partial charge in [0.1, 0.15) is 31.9 Å². The van der Waals surface area contributed by atoms with Crippen molar-refractivity contribution in [1.29, 1.82) is 0 Å². The Balaban J connectivity index is 1.47. The Kier molecular flexibility index (Phi) is 7.45. The summed E-state index contributed by atoms with van der Waals surface area (Å²) in [5.74, 6) is 5.03. The summed E-state index contributed by atoms with van der Waals surface area (Å²) in [4.78, 5) is 0. The Morgan fingerprint density at radius 3 is 1.30 bits per heavy atom. The van der Waals surface area contributed by atoms with Crippen molar-refractivity contribution in [3.63, 3.8) is 0 Å². The van der Waals surface area contributed by atoms with E-state index in [-0.39, 0.29) is 0 Å². The highest BCUT2D eigenvalue weighted by atomic mass is 32.2. The number of hydrogen-bond acceptors (Lipinski definition) is 7. The van der Waals surface area contributed by atoms with Gasteiger partial charge in [0, 0.05) is 0 Å². The van der Waals surface area contributed by atoms with E-state index in [9.17, 15) is 10.2 Å². The van der Waals surface area contributed by atoms with E-state index in [1.54, 1.807) is 47.0 Å². The molecule has 2 saturated heterocycles. The van der Waals surface area contributed by atoms with E-state index in [1.165, 1.54) is 0 Å². The highest BCUT2D eigenvalue weighted by molar-refractivity contribution is 8.18. The van der Waals surface area contributed by atoms with E-state index in [4.69, 9.17) is 4.42 Å². The monoisotopic (exact) mass is 516 g/mol. The van der Waals surface area contributed by atoms with Crippen molar-refractivity contribution < 1.29 is 14.6 Å². The lowest BCUT2D eigenvalue weighted by Crippen LogP contribution is -2.31. The molecule has 0 bridgehead atoms. The molecule has 2 aliphatic heterocycles. The first-order valence-electron chi connectivity index (χ1n) is 11.3. The number of aliphatic hydroxyl groups is 2. The first kappa shape index (κ1) is 23.8. The first-order valence-corrected chi connectivity index (χ1v) is 15.2. The molecule has 174 valence electrons. The molecule has 2 aromatic carbocycles. The molecule has 2 atom stereocenters. The summed E-state index contributed by atoms with van der Waals surface area (Å²) < 4.78 is 5.24. The predicted molar refractivity (Wildman–Crippen MR) is 144 cm³/mol. The maximum atomic E-state index is 11.6. The molecule has 33 heavy (non-hydrogen) atoms. The fourth-order valence-electron chi connectivity index (χ4n) is 4.44. The van der Waals surface area contributed by atoms with Crippen molar-refractivity contribution in [2.24, 2.45) is 0 Å². The summed E-state index contributed by atoms with van der Waals surface area (Å²) in [6.45, 7) is 0. The standard InChI is InChI=1S/C26H28O3S4/c27-23(25(30-15-7-16-31-25)19-9-3-1-4-10-19)21-13-14-22(29-21)24(28)26(32-17-8-18-33-26)20-11-5-2-6-12-20/h1-6,9-14,23-24,27-28H,7-8,15-18H2. The van der Waals surface area contributed by atoms with Crippen LogP contribution in [0, 0.1) is 0 Å². The van der Waals surface area contributed by atoms with Crippen molar-refractivity contribution >= 4 is 47.0 Å². The number of thioether (sulfide) groups is 4. The normalized spacial score (nSPS) is 21.9. The van der Waals surface area contributed by atoms with Crippen LogP contribution in [0.2, 0.25) is 0 Å². The zero-order valence-corrected chi connectivity index (χ0v) is 21.5. The van der Waals surface area contributed by atoms with E-state index < -0.39 is 20.4 Å². The maximum Gasteiger partial charge on any atom is 0.139 e. The first-order chi connectivity index (χ1) is 16.2. The Morgan fingerprint density at radius 2 is 0.939 bits per heavy atom. The smallest absolute Gasteiger partial charge is 0.139 e. The summed E-state index contributed by atoms with van der Waals surface area (Å²) in [5.41, 5.74) is 2.20. The molecule has 1 aromatic heterocycles. The van der Waals surface area contributed by atoms with E-state index in [1.807, 2.05) is 48.5 Å². The van der Waals surface area contributed by atoms with E-state index in [0.717, 1.165) is 47.0 Å². The number of benzene rings is 2. The molecule has 3 heterocycles. The molecule has 0 saturated carbocycles. The number of hydrogen-bond donors (Lipinski definition) is 2. The lowest BCUT2D eigenvalue weighted by molar-refractivity contribution is 0.108. The molecule has 0 radical (unpaired) electrons. The van der Waals surface area contributed by atoms with Gasteiger partial charge in [0.05, 0.1) is 0 Å². The lowest BCUT2D eigenvalue weighted by Gasteiger charge is -2.40. The molecular formula is C26H28O3S4. The van der Waals surface area contributed by atoms with Gasteiger partial charge in [0.2, 0.25) is 0 Å². The van der Waals surface area contributed by atoms with Crippen LogP contribution in [-0.2, 0) is 8.16 Å². The van der Waals surface area contributed by atoms with Gasteiger partial charge in [-0.1, -0.05) is 60.7 Å². The average Bonchev–Trinajstić information content (AvgIpc) is 3.40. The van der Waals surface area contributed by atoms with Gasteiger partial charge in [-0.3, -0.25) is 0 Å². The van der Waals surface area contributed by atoms with Crippen LogP contribution < -0.4 is 0 Å². The molecule has 0 amide bonds. The maximum absolute atomic E-state index is 11.6. The fraction of sp³-hybridized carbons (Fsp3) is 0.385. The van der Waals surface area contributed by atoms with Gasteiger partial charge in [0.25, 0.3) is 0 Å². The molecule has 7 heteroatoms. The Bertz CT molecular complexity index is 946. The summed E-state index contributed by atoms with van der Waals surface area (Å²) in [6.07, 6.45) is 0.644. The van der Waals surface area contributed by atoms with Crippen molar-refractivity contribution in [3.05, 3.63) is 95.4 Å². The lowest BCUT2D eigenvalue weighted by atomic mass is 10.0. The largest absolute Gasteiger partial charge is 0.460 e. The van der Waals surface area contributed by atoms with Crippen LogP contribution in [0.4, 0.5) is 0 Å². The third kappa shape index (κ3) is 4.53. The van der Waals surface area contributed by atoms with Crippen LogP contribution >= 0.6 is 47.0 Å². The van der Waals surface area contributed by atoms with Crippen LogP contribution in [0.15, 0.2) is 77.2 Å². The summed E-state index contributed by atoms with van der Waals surface area (Å²) in [6, 6.07) is 24.2. The Morgan fingerprint density at radius 1 is 0.576 bits per heavy atom. The molecule has 0 aliphatic carbocycles. The minimum absolute atomic E-state index is 0.509. The fourth-order valence-corrected chi connectivity index (χ4v) is 11.1. The SMILES string of the molecule is OC(c1ccc(C(O)C2(c3ccccc3)SCCCS2)o1)C1(c2ccccc2)SCCCS1. The van der Waals surface area contributed by atoms with Crippen LogP contribution in [0.25, 0.3) is 0 Å². The summed E-state index contributed by atoms with van der Waals surface area (Å²) in [7, 11) is 0.